The first-order valence-corrected chi connectivity index (χ1v) is 7.57. The molecule has 3 rings (SSSR count). The maximum atomic E-state index is 5.91. The SMILES string of the molecule is CCCNc1nc(C2CN3CCCC3CO2)ns1. The van der Waals surface area contributed by atoms with Gasteiger partial charge in [-0.2, -0.15) is 4.37 Å². The highest BCUT2D eigenvalue weighted by Gasteiger charge is 2.34. The highest BCUT2D eigenvalue weighted by Crippen LogP contribution is 2.29. The van der Waals surface area contributed by atoms with Gasteiger partial charge in [0.2, 0.25) is 5.13 Å². The second-order valence-electron chi connectivity index (χ2n) is 5.00. The summed E-state index contributed by atoms with van der Waals surface area (Å²) in [5, 5.41) is 4.19. The summed E-state index contributed by atoms with van der Waals surface area (Å²) in [6.45, 7) is 6.09. The predicted molar refractivity (Wildman–Crippen MR) is 72.0 cm³/mol. The Kier molecular flexibility index (Phi) is 3.77. The van der Waals surface area contributed by atoms with E-state index >= 15 is 0 Å². The molecule has 2 atom stereocenters. The van der Waals surface area contributed by atoms with Crippen LogP contribution in [0.25, 0.3) is 0 Å². The van der Waals surface area contributed by atoms with Gasteiger partial charge in [-0.3, -0.25) is 4.90 Å². The molecule has 2 unspecified atom stereocenters. The Morgan fingerprint density at radius 2 is 2.50 bits per heavy atom. The number of rotatable bonds is 4. The first-order valence-electron chi connectivity index (χ1n) is 6.80. The monoisotopic (exact) mass is 268 g/mol. The lowest BCUT2D eigenvalue weighted by Crippen LogP contribution is -2.42. The molecule has 0 bridgehead atoms. The Labute approximate surface area is 112 Å². The van der Waals surface area contributed by atoms with Crippen LogP contribution in [0, 0.1) is 0 Å². The van der Waals surface area contributed by atoms with Crippen molar-refractivity contribution in [1.29, 1.82) is 0 Å². The summed E-state index contributed by atoms with van der Waals surface area (Å²) in [6, 6.07) is 0.637. The van der Waals surface area contributed by atoms with E-state index in [0.717, 1.165) is 37.1 Å². The lowest BCUT2D eigenvalue weighted by molar-refractivity contribution is -0.0535. The van der Waals surface area contributed by atoms with Gasteiger partial charge in [0.15, 0.2) is 5.82 Å². The van der Waals surface area contributed by atoms with E-state index in [1.165, 1.54) is 30.9 Å². The lowest BCUT2D eigenvalue weighted by Gasteiger charge is -2.33. The van der Waals surface area contributed by atoms with E-state index in [-0.39, 0.29) is 6.10 Å². The highest BCUT2D eigenvalue weighted by molar-refractivity contribution is 7.09. The third-order valence-corrected chi connectivity index (χ3v) is 4.33. The van der Waals surface area contributed by atoms with Crippen molar-refractivity contribution in [3.05, 3.63) is 5.82 Å². The van der Waals surface area contributed by atoms with Crippen molar-refractivity contribution < 1.29 is 4.74 Å². The normalized spacial score (nSPS) is 28.3. The molecule has 3 heterocycles. The molecule has 0 aromatic carbocycles. The van der Waals surface area contributed by atoms with Crippen LogP contribution >= 0.6 is 11.5 Å². The Balaban J connectivity index is 1.62. The number of fused-ring (bicyclic) bond motifs is 1. The van der Waals surface area contributed by atoms with Crippen molar-refractivity contribution in [3.63, 3.8) is 0 Å². The number of hydrogen-bond donors (Lipinski definition) is 1. The van der Waals surface area contributed by atoms with Crippen LogP contribution in [-0.2, 0) is 4.74 Å². The number of nitrogens with one attached hydrogen (secondary N) is 1. The van der Waals surface area contributed by atoms with Crippen LogP contribution in [0.2, 0.25) is 0 Å². The minimum absolute atomic E-state index is 0.0628. The number of morpholine rings is 1. The predicted octanol–water partition coefficient (Wildman–Crippen LogP) is 1.90. The van der Waals surface area contributed by atoms with Crippen LogP contribution in [0.4, 0.5) is 5.13 Å². The van der Waals surface area contributed by atoms with Gasteiger partial charge in [0.05, 0.1) is 6.61 Å². The summed E-state index contributed by atoms with van der Waals surface area (Å²) < 4.78 is 10.3. The molecule has 1 N–H and O–H groups in total. The van der Waals surface area contributed by atoms with Crippen molar-refractivity contribution in [1.82, 2.24) is 14.3 Å². The quantitative estimate of drug-likeness (QED) is 0.904. The fraction of sp³-hybridized carbons (Fsp3) is 0.833. The van der Waals surface area contributed by atoms with Crippen molar-refractivity contribution in [2.24, 2.45) is 0 Å². The lowest BCUT2D eigenvalue weighted by atomic mass is 10.2. The van der Waals surface area contributed by atoms with Crippen molar-refractivity contribution in [2.45, 2.75) is 38.3 Å². The number of ether oxygens (including phenoxy) is 1. The van der Waals surface area contributed by atoms with Gasteiger partial charge in [-0.05, 0) is 25.8 Å². The highest BCUT2D eigenvalue weighted by atomic mass is 32.1. The molecule has 100 valence electrons. The van der Waals surface area contributed by atoms with E-state index < -0.39 is 0 Å². The summed E-state index contributed by atoms with van der Waals surface area (Å²) in [6.07, 6.45) is 3.74. The van der Waals surface area contributed by atoms with Crippen molar-refractivity contribution in [2.75, 3.05) is 31.6 Å². The van der Waals surface area contributed by atoms with E-state index in [1.807, 2.05) is 0 Å². The van der Waals surface area contributed by atoms with Crippen LogP contribution in [0.5, 0.6) is 0 Å². The smallest absolute Gasteiger partial charge is 0.202 e. The van der Waals surface area contributed by atoms with Crippen molar-refractivity contribution in [3.8, 4) is 0 Å². The van der Waals surface area contributed by atoms with Crippen LogP contribution in [0.15, 0.2) is 0 Å². The molecule has 2 aliphatic rings. The van der Waals surface area contributed by atoms with E-state index in [9.17, 15) is 0 Å². The summed E-state index contributed by atoms with van der Waals surface area (Å²) in [7, 11) is 0. The zero-order chi connectivity index (χ0) is 12.4. The van der Waals surface area contributed by atoms with Gasteiger partial charge in [0.1, 0.15) is 6.10 Å². The van der Waals surface area contributed by atoms with Gasteiger partial charge in [-0.25, -0.2) is 4.98 Å². The second-order valence-corrected chi connectivity index (χ2v) is 5.75. The summed E-state index contributed by atoms with van der Waals surface area (Å²) >= 11 is 1.44. The minimum atomic E-state index is 0.0628. The van der Waals surface area contributed by atoms with Crippen LogP contribution in [0.1, 0.15) is 38.1 Å². The Bertz CT molecular complexity index is 397. The molecule has 5 nitrogen and oxygen atoms in total. The maximum Gasteiger partial charge on any atom is 0.202 e. The van der Waals surface area contributed by atoms with E-state index in [1.54, 1.807) is 0 Å². The molecular weight excluding hydrogens is 248 g/mol. The molecule has 2 aliphatic heterocycles. The van der Waals surface area contributed by atoms with Gasteiger partial charge in [0, 0.05) is 30.7 Å². The summed E-state index contributed by atoms with van der Waals surface area (Å²) in [5.74, 6) is 0.851. The van der Waals surface area contributed by atoms with Gasteiger partial charge in [-0.15, -0.1) is 0 Å². The Morgan fingerprint density at radius 3 is 3.39 bits per heavy atom. The topological polar surface area (TPSA) is 50.3 Å². The van der Waals surface area contributed by atoms with E-state index in [0.29, 0.717) is 6.04 Å². The van der Waals surface area contributed by atoms with Gasteiger partial charge in [0.25, 0.3) is 0 Å². The standard InChI is InChI=1S/C12H20N4OS/c1-2-5-13-12-14-11(15-18-12)10-7-16-6-3-4-9(16)8-17-10/h9-10H,2-8H2,1H3,(H,13,14,15). The molecule has 0 saturated carbocycles. The second kappa shape index (κ2) is 5.50. The van der Waals surface area contributed by atoms with Crippen LogP contribution in [0.3, 0.4) is 0 Å². The first-order chi connectivity index (χ1) is 8.86. The molecule has 6 heteroatoms. The van der Waals surface area contributed by atoms with Gasteiger partial charge < -0.3 is 10.1 Å². The Hall–Kier alpha value is -0.720. The van der Waals surface area contributed by atoms with Gasteiger partial charge in [-0.1, -0.05) is 6.92 Å². The van der Waals surface area contributed by atoms with E-state index in [2.05, 4.69) is 26.5 Å². The number of anilines is 1. The van der Waals surface area contributed by atoms with Crippen molar-refractivity contribution >= 4 is 16.7 Å². The average Bonchev–Trinajstić information content (AvgIpc) is 3.04. The maximum absolute atomic E-state index is 5.91. The zero-order valence-electron chi connectivity index (χ0n) is 10.8. The minimum Gasteiger partial charge on any atom is -0.367 e. The largest absolute Gasteiger partial charge is 0.367 e. The molecule has 0 amide bonds. The number of hydrogen-bond acceptors (Lipinski definition) is 6. The van der Waals surface area contributed by atoms with Crippen LogP contribution < -0.4 is 5.32 Å². The zero-order valence-corrected chi connectivity index (χ0v) is 11.6. The van der Waals surface area contributed by atoms with Gasteiger partial charge >= 0.3 is 0 Å². The van der Waals surface area contributed by atoms with Crippen LogP contribution in [-0.4, -0.2) is 46.5 Å². The molecular formula is C12H20N4OS. The molecule has 18 heavy (non-hydrogen) atoms. The molecule has 0 aliphatic carbocycles. The fourth-order valence-electron chi connectivity index (χ4n) is 2.64. The third kappa shape index (κ3) is 2.50. The molecule has 0 radical (unpaired) electrons. The molecule has 0 spiro atoms. The van der Waals surface area contributed by atoms with E-state index in [4.69, 9.17) is 4.74 Å². The average molecular weight is 268 g/mol. The Morgan fingerprint density at radius 1 is 1.56 bits per heavy atom. The third-order valence-electron chi connectivity index (χ3n) is 3.65. The number of nitrogens with zero attached hydrogens (tertiary/aromatic N) is 3. The summed E-state index contributed by atoms with van der Waals surface area (Å²) in [5.41, 5.74) is 0. The fourth-order valence-corrected chi connectivity index (χ4v) is 3.28. The molecule has 2 fully saturated rings. The molecule has 1 aromatic rings. The number of aromatic nitrogens is 2. The molecule has 1 aromatic heterocycles. The molecule has 2 saturated heterocycles. The summed E-state index contributed by atoms with van der Waals surface area (Å²) in [4.78, 5) is 7.05. The first kappa shape index (κ1) is 12.3.